The summed E-state index contributed by atoms with van der Waals surface area (Å²) in [6.07, 6.45) is -0.804. The number of fused-ring (bicyclic) bond motifs is 1. The standard InChI is InChI=1S/C14H15F3N4/c15-14(16,17)12-7-11(2-1-10(12)8-18)21-6-5-20-4-3-19-13(20)9-21/h1-4,7H,5-6,8-9,18H2. The molecule has 1 aromatic carbocycles. The van der Waals surface area contributed by atoms with E-state index in [0.717, 1.165) is 12.4 Å². The van der Waals surface area contributed by atoms with E-state index < -0.39 is 11.7 Å². The lowest BCUT2D eigenvalue weighted by Gasteiger charge is -2.30. The van der Waals surface area contributed by atoms with Gasteiger partial charge in [0.15, 0.2) is 0 Å². The Balaban J connectivity index is 1.93. The molecule has 0 radical (unpaired) electrons. The van der Waals surface area contributed by atoms with Crippen molar-refractivity contribution in [2.75, 3.05) is 11.4 Å². The molecule has 0 amide bonds. The summed E-state index contributed by atoms with van der Waals surface area (Å²) in [7, 11) is 0. The van der Waals surface area contributed by atoms with Crippen molar-refractivity contribution in [3.8, 4) is 0 Å². The van der Waals surface area contributed by atoms with Crippen LogP contribution >= 0.6 is 0 Å². The number of imidazole rings is 1. The third-order valence-corrected chi connectivity index (χ3v) is 3.73. The summed E-state index contributed by atoms with van der Waals surface area (Å²) in [6, 6.07) is 4.33. The first-order chi connectivity index (χ1) is 9.99. The molecule has 0 spiro atoms. The summed E-state index contributed by atoms with van der Waals surface area (Å²) < 4.78 is 41.3. The maximum atomic E-state index is 13.1. The Morgan fingerprint density at radius 3 is 2.76 bits per heavy atom. The van der Waals surface area contributed by atoms with Gasteiger partial charge in [-0.25, -0.2) is 4.98 Å². The van der Waals surface area contributed by atoms with Crippen LogP contribution in [0.2, 0.25) is 0 Å². The van der Waals surface area contributed by atoms with Crippen molar-refractivity contribution < 1.29 is 13.2 Å². The van der Waals surface area contributed by atoms with Gasteiger partial charge in [0, 0.05) is 37.7 Å². The van der Waals surface area contributed by atoms with Crippen LogP contribution in [-0.2, 0) is 25.8 Å². The average molecular weight is 296 g/mol. The molecule has 7 heteroatoms. The molecular formula is C14H15F3N4. The van der Waals surface area contributed by atoms with Crippen LogP contribution in [0.5, 0.6) is 0 Å². The largest absolute Gasteiger partial charge is 0.416 e. The normalized spacial score (nSPS) is 15.1. The summed E-state index contributed by atoms with van der Waals surface area (Å²) >= 11 is 0. The molecule has 0 atom stereocenters. The highest BCUT2D eigenvalue weighted by Crippen LogP contribution is 2.35. The zero-order valence-corrected chi connectivity index (χ0v) is 11.3. The Hall–Kier alpha value is -2.02. The number of nitrogens with zero attached hydrogens (tertiary/aromatic N) is 3. The van der Waals surface area contributed by atoms with Gasteiger partial charge in [0.25, 0.3) is 0 Å². The summed E-state index contributed by atoms with van der Waals surface area (Å²) in [5.41, 5.74) is 5.41. The second-order valence-electron chi connectivity index (χ2n) is 5.00. The highest BCUT2D eigenvalue weighted by atomic mass is 19.4. The molecule has 0 saturated carbocycles. The van der Waals surface area contributed by atoms with Crippen molar-refractivity contribution >= 4 is 5.69 Å². The van der Waals surface area contributed by atoms with E-state index in [2.05, 4.69) is 4.98 Å². The third-order valence-electron chi connectivity index (χ3n) is 3.73. The van der Waals surface area contributed by atoms with E-state index in [9.17, 15) is 13.2 Å². The summed E-state index contributed by atoms with van der Waals surface area (Å²) in [5.74, 6) is 0.859. The van der Waals surface area contributed by atoms with E-state index in [1.807, 2.05) is 15.7 Å². The number of anilines is 1. The van der Waals surface area contributed by atoms with Crippen LogP contribution in [0.1, 0.15) is 17.0 Å². The number of hydrogen-bond donors (Lipinski definition) is 1. The Kier molecular flexibility index (Phi) is 3.36. The Morgan fingerprint density at radius 1 is 1.24 bits per heavy atom. The molecule has 1 aromatic heterocycles. The van der Waals surface area contributed by atoms with E-state index in [1.165, 1.54) is 12.1 Å². The summed E-state index contributed by atoms with van der Waals surface area (Å²) in [6.45, 7) is 1.75. The van der Waals surface area contributed by atoms with E-state index in [-0.39, 0.29) is 12.1 Å². The van der Waals surface area contributed by atoms with Gasteiger partial charge in [-0.05, 0) is 17.7 Å². The van der Waals surface area contributed by atoms with Gasteiger partial charge >= 0.3 is 6.18 Å². The van der Waals surface area contributed by atoms with Crippen molar-refractivity contribution in [1.29, 1.82) is 0 Å². The van der Waals surface area contributed by atoms with Crippen LogP contribution in [0, 0.1) is 0 Å². The SMILES string of the molecule is NCc1ccc(N2CCn3ccnc3C2)cc1C(F)(F)F. The van der Waals surface area contributed by atoms with Crippen molar-refractivity contribution in [1.82, 2.24) is 9.55 Å². The number of hydrogen-bond acceptors (Lipinski definition) is 3. The van der Waals surface area contributed by atoms with E-state index >= 15 is 0 Å². The first-order valence-electron chi connectivity index (χ1n) is 6.64. The van der Waals surface area contributed by atoms with Crippen molar-refractivity contribution in [3.05, 3.63) is 47.5 Å². The zero-order chi connectivity index (χ0) is 15.0. The lowest BCUT2D eigenvalue weighted by Crippen LogP contribution is -2.33. The fourth-order valence-electron chi connectivity index (χ4n) is 2.60. The monoisotopic (exact) mass is 296 g/mol. The molecule has 0 fully saturated rings. The first-order valence-corrected chi connectivity index (χ1v) is 6.64. The van der Waals surface area contributed by atoms with Gasteiger partial charge < -0.3 is 15.2 Å². The van der Waals surface area contributed by atoms with Crippen LogP contribution in [0.15, 0.2) is 30.6 Å². The molecule has 21 heavy (non-hydrogen) atoms. The summed E-state index contributed by atoms with van der Waals surface area (Å²) in [4.78, 5) is 6.12. The first kappa shape index (κ1) is 13.9. The number of nitrogens with two attached hydrogens (primary N) is 1. The zero-order valence-electron chi connectivity index (χ0n) is 11.3. The smallest absolute Gasteiger partial charge is 0.362 e. The highest BCUT2D eigenvalue weighted by Gasteiger charge is 2.33. The predicted octanol–water partition coefficient (Wildman–Crippen LogP) is 2.38. The van der Waals surface area contributed by atoms with E-state index in [0.29, 0.717) is 18.8 Å². The van der Waals surface area contributed by atoms with Crippen molar-refractivity contribution in [3.63, 3.8) is 0 Å². The summed E-state index contributed by atoms with van der Waals surface area (Å²) in [5, 5.41) is 0. The van der Waals surface area contributed by atoms with Gasteiger partial charge in [0.05, 0.1) is 12.1 Å². The lowest BCUT2D eigenvalue weighted by molar-refractivity contribution is -0.138. The Morgan fingerprint density at radius 2 is 2.05 bits per heavy atom. The fraction of sp³-hybridized carbons (Fsp3) is 0.357. The molecule has 2 N–H and O–H groups in total. The number of alkyl halides is 3. The van der Waals surface area contributed by atoms with Crippen LogP contribution < -0.4 is 10.6 Å². The average Bonchev–Trinajstić information content (AvgIpc) is 2.93. The van der Waals surface area contributed by atoms with Gasteiger partial charge in [-0.1, -0.05) is 6.07 Å². The number of aromatic nitrogens is 2. The number of benzene rings is 1. The molecule has 4 nitrogen and oxygen atoms in total. The molecule has 0 aliphatic carbocycles. The number of rotatable bonds is 2. The number of halogens is 3. The minimum atomic E-state index is -4.39. The topological polar surface area (TPSA) is 47.1 Å². The molecular weight excluding hydrogens is 281 g/mol. The molecule has 1 aliphatic heterocycles. The third kappa shape index (κ3) is 2.61. The second-order valence-corrected chi connectivity index (χ2v) is 5.00. The Bertz CT molecular complexity index is 648. The van der Waals surface area contributed by atoms with E-state index in [4.69, 9.17) is 5.73 Å². The van der Waals surface area contributed by atoms with Crippen LogP contribution in [0.25, 0.3) is 0 Å². The van der Waals surface area contributed by atoms with Gasteiger partial charge in [0.1, 0.15) is 5.82 Å². The van der Waals surface area contributed by atoms with Gasteiger partial charge in [-0.2, -0.15) is 13.2 Å². The van der Waals surface area contributed by atoms with Gasteiger partial charge in [-0.15, -0.1) is 0 Å². The second kappa shape index (κ2) is 5.07. The minimum Gasteiger partial charge on any atom is -0.362 e. The van der Waals surface area contributed by atoms with Crippen LogP contribution in [-0.4, -0.2) is 16.1 Å². The molecule has 2 heterocycles. The molecule has 112 valence electrons. The Labute approximate surface area is 120 Å². The van der Waals surface area contributed by atoms with Crippen LogP contribution in [0.4, 0.5) is 18.9 Å². The van der Waals surface area contributed by atoms with Crippen molar-refractivity contribution in [2.45, 2.75) is 25.8 Å². The molecule has 1 aliphatic rings. The maximum Gasteiger partial charge on any atom is 0.416 e. The van der Waals surface area contributed by atoms with Crippen LogP contribution in [0.3, 0.4) is 0 Å². The van der Waals surface area contributed by atoms with Crippen molar-refractivity contribution in [2.24, 2.45) is 5.73 Å². The quantitative estimate of drug-likeness (QED) is 0.925. The van der Waals surface area contributed by atoms with Gasteiger partial charge in [0.2, 0.25) is 0 Å². The van der Waals surface area contributed by atoms with Gasteiger partial charge in [-0.3, -0.25) is 0 Å². The maximum absolute atomic E-state index is 13.1. The molecule has 0 bridgehead atoms. The predicted molar refractivity (Wildman–Crippen MR) is 72.6 cm³/mol. The molecule has 3 rings (SSSR count). The molecule has 0 unspecified atom stereocenters. The highest BCUT2D eigenvalue weighted by molar-refractivity contribution is 5.52. The molecule has 0 saturated heterocycles. The lowest BCUT2D eigenvalue weighted by atomic mass is 10.1. The minimum absolute atomic E-state index is 0.116. The molecule has 2 aromatic rings. The fourth-order valence-corrected chi connectivity index (χ4v) is 2.60. The van der Waals surface area contributed by atoms with E-state index in [1.54, 1.807) is 12.3 Å².